The second-order valence-corrected chi connectivity index (χ2v) is 4.96. The summed E-state index contributed by atoms with van der Waals surface area (Å²) in [4.78, 5) is 29.9. The van der Waals surface area contributed by atoms with Gasteiger partial charge in [0, 0.05) is 11.9 Å². The number of benzene rings is 1. The molecule has 1 aromatic heterocycles. The van der Waals surface area contributed by atoms with Gasteiger partial charge in [-0.3, -0.25) is 14.6 Å². The number of carbonyl (C=O) groups is 2. The van der Waals surface area contributed by atoms with Gasteiger partial charge in [-0.05, 0) is 30.7 Å². The summed E-state index contributed by atoms with van der Waals surface area (Å²) in [5.74, 6) is -0.952. The maximum Gasteiger partial charge on any atom is 0.268 e. The number of nitrogen functional groups attached to an aromatic ring is 1. The predicted octanol–water partition coefficient (Wildman–Crippen LogP) is 2.43. The molecule has 2 aromatic rings. The van der Waals surface area contributed by atoms with E-state index in [1.807, 2.05) is 6.92 Å². The van der Waals surface area contributed by atoms with Crippen LogP contribution in [0.5, 0.6) is 0 Å². The number of nitrogens with zero attached hydrogens (tertiary/aromatic N) is 2. The van der Waals surface area contributed by atoms with Crippen molar-refractivity contribution in [3.63, 3.8) is 0 Å². The van der Waals surface area contributed by atoms with Crippen molar-refractivity contribution < 1.29 is 9.59 Å². The second kappa shape index (κ2) is 4.31. The highest BCUT2D eigenvalue weighted by molar-refractivity contribution is 6.43. The van der Waals surface area contributed by atoms with Crippen molar-refractivity contribution in [1.29, 1.82) is 0 Å². The lowest BCUT2D eigenvalue weighted by molar-refractivity contribution is 0.0926. The zero-order valence-electron chi connectivity index (χ0n) is 10.6. The monoisotopic (exact) mass is 287 g/mol. The summed E-state index contributed by atoms with van der Waals surface area (Å²) in [6.07, 6.45) is 3.10. The van der Waals surface area contributed by atoms with Gasteiger partial charge in [-0.25, -0.2) is 4.90 Å². The van der Waals surface area contributed by atoms with Crippen LogP contribution in [-0.2, 0) is 0 Å². The van der Waals surface area contributed by atoms with Gasteiger partial charge in [-0.1, -0.05) is 11.6 Å². The van der Waals surface area contributed by atoms with E-state index in [1.54, 1.807) is 12.3 Å². The molecule has 0 atom stereocenters. The third kappa shape index (κ3) is 1.67. The maximum absolute atomic E-state index is 12.4. The highest BCUT2D eigenvalue weighted by Gasteiger charge is 2.40. The Bertz CT molecular complexity index is 717. The minimum absolute atomic E-state index is 0.151. The molecule has 0 unspecified atom stereocenters. The van der Waals surface area contributed by atoms with E-state index in [0.717, 1.165) is 10.5 Å². The Labute approximate surface area is 120 Å². The average molecular weight is 288 g/mol. The van der Waals surface area contributed by atoms with Gasteiger partial charge in [0.1, 0.15) is 0 Å². The Kier molecular flexibility index (Phi) is 2.72. The average Bonchev–Trinajstić information content (AvgIpc) is 2.67. The van der Waals surface area contributed by atoms with E-state index in [9.17, 15) is 9.59 Å². The van der Waals surface area contributed by atoms with Gasteiger partial charge in [0.25, 0.3) is 11.8 Å². The first-order chi connectivity index (χ1) is 9.50. The van der Waals surface area contributed by atoms with Crippen LogP contribution >= 0.6 is 11.6 Å². The highest BCUT2D eigenvalue weighted by atomic mass is 35.5. The quantitative estimate of drug-likeness (QED) is 0.645. The van der Waals surface area contributed by atoms with E-state index < -0.39 is 11.8 Å². The van der Waals surface area contributed by atoms with E-state index in [-0.39, 0.29) is 21.8 Å². The molecule has 1 aliphatic heterocycles. The zero-order valence-corrected chi connectivity index (χ0v) is 11.3. The van der Waals surface area contributed by atoms with E-state index in [2.05, 4.69) is 4.98 Å². The lowest BCUT2D eigenvalue weighted by Gasteiger charge is -2.13. The largest absolute Gasteiger partial charge is 0.398 e. The van der Waals surface area contributed by atoms with Crippen molar-refractivity contribution in [3.05, 3.63) is 52.3 Å². The lowest BCUT2D eigenvalue weighted by Crippen LogP contribution is -2.29. The van der Waals surface area contributed by atoms with E-state index in [1.165, 1.54) is 18.3 Å². The molecule has 0 aliphatic carbocycles. The number of carbonyl (C=O) groups excluding carboxylic acids is 2. The Morgan fingerprint density at radius 1 is 1.15 bits per heavy atom. The zero-order chi connectivity index (χ0) is 14.4. The Morgan fingerprint density at radius 2 is 1.85 bits per heavy atom. The summed E-state index contributed by atoms with van der Waals surface area (Å²) in [5.41, 5.74) is 7.59. The molecule has 5 nitrogen and oxygen atoms in total. The molecule has 0 fully saturated rings. The summed E-state index contributed by atoms with van der Waals surface area (Å²) in [6.45, 7) is 1.83. The molecule has 3 rings (SSSR count). The highest BCUT2D eigenvalue weighted by Crippen LogP contribution is 2.35. The second-order valence-electron chi connectivity index (χ2n) is 4.55. The summed E-state index contributed by atoms with van der Waals surface area (Å²) in [5, 5.41) is 0.218. The molecule has 20 heavy (non-hydrogen) atoms. The molecule has 6 heteroatoms. The fraction of sp³-hybridized carbons (Fsp3) is 0.0714. The number of aryl methyl sites for hydroxylation is 1. The van der Waals surface area contributed by atoms with Crippen LogP contribution in [0, 0.1) is 6.92 Å². The topological polar surface area (TPSA) is 76.3 Å². The van der Waals surface area contributed by atoms with Gasteiger partial charge in [0.15, 0.2) is 0 Å². The predicted molar refractivity (Wildman–Crippen MR) is 76.0 cm³/mol. The molecule has 0 saturated heterocycles. The van der Waals surface area contributed by atoms with Crippen LogP contribution in [0.4, 0.5) is 11.4 Å². The van der Waals surface area contributed by atoms with E-state index in [0.29, 0.717) is 5.69 Å². The smallest absolute Gasteiger partial charge is 0.268 e. The van der Waals surface area contributed by atoms with Gasteiger partial charge < -0.3 is 5.73 Å². The lowest BCUT2D eigenvalue weighted by atomic mass is 10.1. The SMILES string of the molecule is Cc1cncc(N2C(=O)c3c(N)ccc(Cl)c3C2=O)c1. The number of fused-ring (bicyclic) bond motifs is 1. The van der Waals surface area contributed by atoms with Gasteiger partial charge in [0.2, 0.25) is 0 Å². The van der Waals surface area contributed by atoms with Gasteiger partial charge in [-0.2, -0.15) is 0 Å². The molecule has 0 saturated carbocycles. The number of amides is 2. The third-order valence-corrected chi connectivity index (χ3v) is 3.45. The van der Waals surface area contributed by atoms with E-state index >= 15 is 0 Å². The summed E-state index contributed by atoms with van der Waals surface area (Å²) < 4.78 is 0. The standard InChI is InChI=1S/C14H10ClN3O2/c1-7-4-8(6-17-5-7)18-13(19)11-9(15)2-3-10(16)12(11)14(18)20/h2-6H,16H2,1H3. The first-order valence-corrected chi connectivity index (χ1v) is 6.27. The Morgan fingerprint density at radius 3 is 2.50 bits per heavy atom. The maximum atomic E-state index is 12.4. The van der Waals surface area contributed by atoms with Crippen LogP contribution in [0.1, 0.15) is 26.3 Å². The summed E-state index contributed by atoms with van der Waals surface area (Å²) in [6, 6.07) is 4.74. The number of rotatable bonds is 1. The number of hydrogen-bond donors (Lipinski definition) is 1. The van der Waals surface area contributed by atoms with Crippen molar-refractivity contribution in [3.8, 4) is 0 Å². The van der Waals surface area contributed by atoms with Crippen molar-refractivity contribution in [1.82, 2.24) is 4.98 Å². The summed E-state index contributed by atoms with van der Waals surface area (Å²) >= 11 is 6.01. The van der Waals surface area contributed by atoms with Gasteiger partial charge in [0.05, 0.1) is 28.0 Å². The molecule has 2 heterocycles. The molecular formula is C14H10ClN3O2. The van der Waals surface area contributed by atoms with Crippen LogP contribution in [0.3, 0.4) is 0 Å². The molecule has 1 aromatic carbocycles. The fourth-order valence-electron chi connectivity index (χ4n) is 2.24. The van der Waals surface area contributed by atoms with Crippen LogP contribution in [0.2, 0.25) is 5.02 Å². The van der Waals surface area contributed by atoms with Crippen molar-refractivity contribution in [2.75, 3.05) is 10.6 Å². The minimum atomic E-state index is -0.477. The van der Waals surface area contributed by atoms with Crippen LogP contribution in [-0.4, -0.2) is 16.8 Å². The number of hydrogen-bond acceptors (Lipinski definition) is 4. The van der Waals surface area contributed by atoms with Crippen LogP contribution in [0.15, 0.2) is 30.6 Å². The number of anilines is 2. The first kappa shape index (κ1) is 12.6. The third-order valence-electron chi connectivity index (χ3n) is 3.14. The minimum Gasteiger partial charge on any atom is -0.398 e. The van der Waals surface area contributed by atoms with Gasteiger partial charge in [-0.15, -0.1) is 0 Å². The first-order valence-electron chi connectivity index (χ1n) is 5.89. The Hall–Kier alpha value is -2.40. The number of imide groups is 1. The number of aromatic nitrogens is 1. The van der Waals surface area contributed by atoms with Crippen molar-refractivity contribution >= 4 is 34.8 Å². The van der Waals surface area contributed by atoms with Crippen LogP contribution < -0.4 is 10.6 Å². The number of nitrogens with two attached hydrogens (primary N) is 1. The number of pyridine rings is 1. The molecule has 0 bridgehead atoms. The van der Waals surface area contributed by atoms with Crippen LogP contribution in [0.25, 0.3) is 0 Å². The summed E-state index contributed by atoms with van der Waals surface area (Å²) in [7, 11) is 0. The molecule has 2 N–H and O–H groups in total. The molecule has 1 aliphatic rings. The van der Waals surface area contributed by atoms with Crippen molar-refractivity contribution in [2.24, 2.45) is 0 Å². The van der Waals surface area contributed by atoms with Crippen molar-refractivity contribution in [2.45, 2.75) is 6.92 Å². The van der Waals surface area contributed by atoms with E-state index in [4.69, 9.17) is 17.3 Å². The normalized spacial score (nSPS) is 13.8. The fourth-order valence-corrected chi connectivity index (χ4v) is 2.48. The Balaban J connectivity index is 2.20. The molecule has 2 amide bonds. The van der Waals surface area contributed by atoms with Gasteiger partial charge >= 0.3 is 0 Å². The molecule has 0 radical (unpaired) electrons. The molecular weight excluding hydrogens is 278 g/mol. The number of halogens is 1. The molecule has 0 spiro atoms. The molecule has 100 valence electrons.